The fraction of sp³-hybridized carbons (Fsp3) is 0.571. The summed E-state index contributed by atoms with van der Waals surface area (Å²) in [6.45, 7) is 4.91. The third-order valence-corrected chi connectivity index (χ3v) is 4.20. The Morgan fingerprint density at radius 3 is 2.62 bits per heavy atom. The molecule has 0 unspecified atom stereocenters. The number of nitrogens with zero attached hydrogens (tertiary/aromatic N) is 8. The summed E-state index contributed by atoms with van der Waals surface area (Å²) in [4.78, 5) is 27.9. The highest BCUT2D eigenvalue weighted by Gasteiger charge is 2.21. The third kappa shape index (κ3) is 3.42. The van der Waals surface area contributed by atoms with Crippen molar-refractivity contribution in [1.82, 2.24) is 34.9 Å². The van der Waals surface area contributed by atoms with Gasteiger partial charge < -0.3 is 9.80 Å². The van der Waals surface area contributed by atoms with E-state index in [9.17, 15) is 9.59 Å². The van der Waals surface area contributed by atoms with Crippen LogP contribution in [0, 0.1) is 6.92 Å². The molecule has 1 fully saturated rings. The van der Waals surface area contributed by atoms with Gasteiger partial charge in [0, 0.05) is 45.7 Å². The number of piperazine rings is 1. The molecule has 1 aliphatic heterocycles. The van der Waals surface area contributed by atoms with Gasteiger partial charge in [-0.15, -0.1) is 5.10 Å². The van der Waals surface area contributed by atoms with E-state index in [1.807, 2.05) is 4.90 Å². The van der Waals surface area contributed by atoms with Crippen LogP contribution in [0.4, 0.5) is 5.69 Å². The zero-order valence-electron chi connectivity index (χ0n) is 13.8. The molecule has 0 radical (unpaired) electrons. The van der Waals surface area contributed by atoms with Gasteiger partial charge in [0.05, 0.1) is 18.4 Å². The first-order valence-corrected chi connectivity index (χ1v) is 7.83. The van der Waals surface area contributed by atoms with E-state index in [1.165, 1.54) is 4.68 Å². The average Bonchev–Trinajstić information content (AvgIpc) is 3.00. The smallest absolute Gasteiger partial charge is 0.268 e. The molecule has 1 saturated heterocycles. The van der Waals surface area contributed by atoms with Crippen LogP contribution >= 0.6 is 0 Å². The standard InChI is InChI=1S/C14H20N8O2/c1-11-16-17-18-22(11)4-3-13(23)21-7-5-20(6-8-21)12-9-14(24)19(2)15-10-12/h9-10H,3-8H2,1-2H3. The summed E-state index contributed by atoms with van der Waals surface area (Å²) in [6.07, 6.45) is 2.05. The van der Waals surface area contributed by atoms with Crippen LogP contribution in [0.25, 0.3) is 0 Å². The number of hydrogen-bond donors (Lipinski definition) is 0. The van der Waals surface area contributed by atoms with Gasteiger partial charge >= 0.3 is 0 Å². The van der Waals surface area contributed by atoms with Crippen molar-refractivity contribution in [3.63, 3.8) is 0 Å². The van der Waals surface area contributed by atoms with E-state index in [0.717, 1.165) is 5.69 Å². The number of amides is 1. The molecule has 10 heteroatoms. The number of carbonyl (C=O) groups excluding carboxylic acids is 1. The van der Waals surface area contributed by atoms with Crippen LogP contribution in [0.1, 0.15) is 12.2 Å². The SMILES string of the molecule is Cc1nnnn1CCC(=O)N1CCN(c2cnn(C)c(=O)c2)CC1. The minimum Gasteiger partial charge on any atom is -0.367 e. The van der Waals surface area contributed by atoms with Gasteiger partial charge in [-0.1, -0.05) is 0 Å². The van der Waals surface area contributed by atoms with Crippen molar-refractivity contribution < 1.29 is 4.79 Å². The molecule has 0 spiro atoms. The predicted octanol–water partition coefficient (Wildman–Crippen LogP) is -1.19. The number of aryl methyl sites for hydroxylation is 3. The lowest BCUT2D eigenvalue weighted by atomic mass is 10.2. The van der Waals surface area contributed by atoms with E-state index in [2.05, 4.69) is 25.5 Å². The Bertz CT molecular complexity index is 775. The summed E-state index contributed by atoms with van der Waals surface area (Å²) in [6, 6.07) is 1.57. The molecule has 0 atom stereocenters. The van der Waals surface area contributed by atoms with Crippen LogP contribution in [-0.2, 0) is 18.4 Å². The maximum Gasteiger partial charge on any atom is 0.268 e. The van der Waals surface area contributed by atoms with Crippen LogP contribution in [0.2, 0.25) is 0 Å². The molecule has 0 aliphatic carbocycles. The number of rotatable bonds is 4. The monoisotopic (exact) mass is 332 g/mol. The predicted molar refractivity (Wildman–Crippen MR) is 85.4 cm³/mol. The minimum atomic E-state index is -0.136. The summed E-state index contributed by atoms with van der Waals surface area (Å²) < 4.78 is 2.92. The number of hydrogen-bond acceptors (Lipinski definition) is 7. The lowest BCUT2D eigenvalue weighted by molar-refractivity contribution is -0.131. The van der Waals surface area contributed by atoms with E-state index in [4.69, 9.17) is 0 Å². The first kappa shape index (κ1) is 16.1. The molecule has 0 saturated carbocycles. The van der Waals surface area contributed by atoms with Crippen LogP contribution in [0.15, 0.2) is 17.1 Å². The maximum atomic E-state index is 12.3. The van der Waals surface area contributed by atoms with Gasteiger partial charge in [-0.3, -0.25) is 9.59 Å². The maximum absolute atomic E-state index is 12.3. The molecule has 128 valence electrons. The molecule has 3 heterocycles. The lowest BCUT2D eigenvalue weighted by Crippen LogP contribution is -2.49. The molecule has 0 bridgehead atoms. The van der Waals surface area contributed by atoms with Gasteiger partial charge in [0.2, 0.25) is 5.91 Å². The van der Waals surface area contributed by atoms with E-state index in [0.29, 0.717) is 45.0 Å². The molecule has 0 aromatic carbocycles. The fourth-order valence-corrected chi connectivity index (χ4v) is 2.66. The van der Waals surface area contributed by atoms with Gasteiger partial charge in [0.25, 0.3) is 5.56 Å². The fourth-order valence-electron chi connectivity index (χ4n) is 2.66. The van der Waals surface area contributed by atoms with Crippen molar-refractivity contribution in [1.29, 1.82) is 0 Å². The summed E-state index contributed by atoms with van der Waals surface area (Å²) in [5.41, 5.74) is 0.664. The van der Waals surface area contributed by atoms with Gasteiger partial charge in [0.15, 0.2) is 0 Å². The normalized spacial score (nSPS) is 14.9. The Labute approximate surface area is 138 Å². The van der Waals surface area contributed by atoms with Crippen molar-refractivity contribution in [2.24, 2.45) is 7.05 Å². The van der Waals surface area contributed by atoms with Crippen LogP contribution < -0.4 is 10.5 Å². The Hall–Kier alpha value is -2.78. The van der Waals surface area contributed by atoms with Gasteiger partial charge in [-0.2, -0.15) is 5.10 Å². The van der Waals surface area contributed by atoms with Crippen molar-refractivity contribution in [2.45, 2.75) is 19.9 Å². The molecule has 0 N–H and O–H groups in total. The zero-order valence-corrected chi connectivity index (χ0v) is 13.8. The van der Waals surface area contributed by atoms with Gasteiger partial charge in [0.1, 0.15) is 5.82 Å². The quantitative estimate of drug-likeness (QED) is 0.694. The number of carbonyl (C=O) groups is 1. The third-order valence-electron chi connectivity index (χ3n) is 4.20. The van der Waals surface area contributed by atoms with E-state index < -0.39 is 0 Å². The molecule has 1 aliphatic rings. The molecule has 2 aromatic rings. The summed E-state index contributed by atoms with van der Waals surface area (Å²) >= 11 is 0. The second-order valence-electron chi connectivity index (χ2n) is 5.74. The molecule has 24 heavy (non-hydrogen) atoms. The largest absolute Gasteiger partial charge is 0.367 e. The van der Waals surface area contributed by atoms with Crippen molar-refractivity contribution in [3.05, 3.63) is 28.4 Å². The molecule has 2 aromatic heterocycles. The lowest BCUT2D eigenvalue weighted by Gasteiger charge is -2.35. The molecule has 3 rings (SSSR count). The van der Waals surface area contributed by atoms with Crippen molar-refractivity contribution >= 4 is 11.6 Å². The van der Waals surface area contributed by atoms with Gasteiger partial charge in [-0.05, 0) is 17.4 Å². The topological polar surface area (TPSA) is 102 Å². The number of anilines is 1. The number of aromatic nitrogens is 6. The van der Waals surface area contributed by atoms with E-state index in [-0.39, 0.29) is 11.5 Å². The second kappa shape index (κ2) is 6.77. The number of tetrazole rings is 1. The summed E-state index contributed by atoms with van der Waals surface area (Å²) in [7, 11) is 1.62. The average molecular weight is 332 g/mol. The van der Waals surface area contributed by atoms with Crippen molar-refractivity contribution in [2.75, 3.05) is 31.1 Å². The molecule has 1 amide bonds. The Balaban J connectivity index is 1.52. The minimum absolute atomic E-state index is 0.0895. The highest BCUT2D eigenvalue weighted by molar-refractivity contribution is 5.76. The van der Waals surface area contributed by atoms with E-state index in [1.54, 1.807) is 30.9 Å². The Morgan fingerprint density at radius 2 is 2.00 bits per heavy atom. The first-order chi connectivity index (χ1) is 11.5. The van der Waals surface area contributed by atoms with Crippen LogP contribution in [0.5, 0.6) is 0 Å². The van der Waals surface area contributed by atoms with Crippen molar-refractivity contribution in [3.8, 4) is 0 Å². The summed E-state index contributed by atoms with van der Waals surface area (Å²) in [5, 5.41) is 15.2. The molecular weight excluding hydrogens is 312 g/mol. The highest BCUT2D eigenvalue weighted by Crippen LogP contribution is 2.13. The molecular formula is C14H20N8O2. The van der Waals surface area contributed by atoms with Crippen LogP contribution in [0.3, 0.4) is 0 Å². The van der Waals surface area contributed by atoms with E-state index >= 15 is 0 Å². The zero-order chi connectivity index (χ0) is 17.1. The van der Waals surface area contributed by atoms with Crippen LogP contribution in [-0.4, -0.2) is 67.0 Å². The Kier molecular flexibility index (Phi) is 4.54. The first-order valence-electron chi connectivity index (χ1n) is 7.83. The summed E-state index contributed by atoms with van der Waals surface area (Å²) in [5.74, 6) is 0.789. The highest BCUT2D eigenvalue weighted by atomic mass is 16.2. The Morgan fingerprint density at radius 1 is 1.25 bits per heavy atom. The second-order valence-corrected chi connectivity index (χ2v) is 5.74. The molecule has 10 nitrogen and oxygen atoms in total. The van der Waals surface area contributed by atoms with Gasteiger partial charge in [-0.25, -0.2) is 9.36 Å².